The lowest BCUT2D eigenvalue weighted by Gasteiger charge is -2.36. The van der Waals surface area contributed by atoms with Crippen molar-refractivity contribution >= 4 is 29.2 Å². The molecule has 0 saturated carbocycles. The van der Waals surface area contributed by atoms with Crippen LogP contribution in [0.25, 0.3) is 0 Å². The number of amides is 1. The second kappa shape index (κ2) is 12.5. The zero-order chi connectivity index (χ0) is 27.8. The molecule has 1 amide bonds. The largest absolute Gasteiger partial charge is 0.495 e. The van der Waals surface area contributed by atoms with Gasteiger partial charge in [-0.3, -0.25) is 9.69 Å². The van der Waals surface area contributed by atoms with E-state index < -0.39 is 17.9 Å². The molecule has 3 rings (SSSR count). The highest BCUT2D eigenvalue weighted by Crippen LogP contribution is 2.44. The van der Waals surface area contributed by atoms with Crippen molar-refractivity contribution in [2.75, 3.05) is 31.5 Å². The van der Waals surface area contributed by atoms with Crippen molar-refractivity contribution in [3.63, 3.8) is 0 Å². The summed E-state index contributed by atoms with van der Waals surface area (Å²) in [4.78, 5) is 40.1. The van der Waals surface area contributed by atoms with Gasteiger partial charge in [-0.15, -0.1) is 0 Å². The third-order valence-corrected chi connectivity index (χ3v) is 6.08. The predicted octanol–water partition coefficient (Wildman–Crippen LogP) is 3.72. The highest BCUT2D eigenvalue weighted by atomic mass is 16.5. The van der Waals surface area contributed by atoms with Gasteiger partial charge in [0.2, 0.25) is 5.91 Å². The number of benzene rings is 2. The molecule has 198 valence electrons. The number of methoxy groups -OCH3 is 3. The molecule has 0 fully saturated rings. The maximum absolute atomic E-state index is 13.2. The van der Waals surface area contributed by atoms with Crippen LogP contribution < -0.4 is 20.7 Å². The second-order valence-corrected chi connectivity index (χ2v) is 8.37. The Morgan fingerprint density at radius 1 is 1.05 bits per heavy atom. The summed E-state index contributed by atoms with van der Waals surface area (Å²) in [6, 6.07) is 15.5. The van der Waals surface area contributed by atoms with Crippen LogP contribution in [0.5, 0.6) is 5.75 Å². The van der Waals surface area contributed by atoms with Crippen LogP contribution in [0.2, 0.25) is 0 Å². The summed E-state index contributed by atoms with van der Waals surface area (Å²) in [5.41, 5.74) is 7.43. The summed E-state index contributed by atoms with van der Waals surface area (Å²) in [6.45, 7) is 1.98. The van der Waals surface area contributed by atoms with Crippen LogP contribution in [0.4, 0.5) is 11.4 Å². The first kappa shape index (κ1) is 27.8. The number of allylic oxidation sites excluding steroid dienone is 1. The van der Waals surface area contributed by atoms with Crippen molar-refractivity contribution in [1.82, 2.24) is 0 Å². The molecule has 2 aromatic rings. The van der Waals surface area contributed by atoms with Gasteiger partial charge in [0.05, 0.1) is 55.8 Å². The van der Waals surface area contributed by atoms with E-state index in [-0.39, 0.29) is 34.3 Å². The van der Waals surface area contributed by atoms with Crippen molar-refractivity contribution in [1.29, 1.82) is 5.26 Å². The summed E-state index contributed by atoms with van der Waals surface area (Å²) in [6.07, 6.45) is 1.87. The van der Waals surface area contributed by atoms with E-state index in [0.717, 1.165) is 6.42 Å². The monoisotopic (exact) mass is 518 g/mol. The van der Waals surface area contributed by atoms with Crippen molar-refractivity contribution in [3.8, 4) is 11.8 Å². The quantitative estimate of drug-likeness (QED) is 0.475. The molecule has 0 aromatic heterocycles. The Hall–Kier alpha value is -4.78. The van der Waals surface area contributed by atoms with Crippen LogP contribution in [-0.4, -0.2) is 39.2 Å². The normalized spacial score (nSPS) is 15.0. The molecule has 0 radical (unpaired) electrons. The SMILES string of the molecule is CCCCC(=O)Nc1cc(N2C(N)=C(C#N)C(c3ccccc3)C(C(=O)OC)=C2C(=O)OC)ccc1OC. The van der Waals surface area contributed by atoms with Gasteiger partial charge in [-0.05, 0) is 30.2 Å². The fourth-order valence-electron chi connectivity index (χ4n) is 4.26. The number of nitrogens with two attached hydrogens (primary N) is 1. The fourth-order valence-corrected chi connectivity index (χ4v) is 4.26. The van der Waals surface area contributed by atoms with Gasteiger partial charge in [0, 0.05) is 6.42 Å². The van der Waals surface area contributed by atoms with Crippen LogP contribution in [-0.2, 0) is 23.9 Å². The average molecular weight is 519 g/mol. The number of carbonyl (C=O) groups excluding carboxylic acids is 3. The Morgan fingerprint density at radius 2 is 1.74 bits per heavy atom. The fraction of sp³-hybridized carbons (Fsp3) is 0.286. The molecule has 10 nitrogen and oxygen atoms in total. The Morgan fingerprint density at radius 3 is 2.32 bits per heavy atom. The van der Waals surface area contributed by atoms with Crippen molar-refractivity contribution < 1.29 is 28.6 Å². The van der Waals surface area contributed by atoms with Gasteiger partial charge in [0.15, 0.2) is 0 Å². The molecule has 1 heterocycles. The smallest absolute Gasteiger partial charge is 0.355 e. The zero-order valence-corrected chi connectivity index (χ0v) is 21.7. The topological polar surface area (TPSA) is 144 Å². The van der Waals surface area contributed by atoms with Gasteiger partial charge < -0.3 is 25.3 Å². The lowest BCUT2D eigenvalue weighted by atomic mass is 9.81. The number of nitrogens with zero attached hydrogens (tertiary/aromatic N) is 2. The van der Waals surface area contributed by atoms with Gasteiger partial charge in [0.25, 0.3) is 0 Å². The molecule has 2 aromatic carbocycles. The minimum Gasteiger partial charge on any atom is -0.495 e. The van der Waals surface area contributed by atoms with Gasteiger partial charge in [0.1, 0.15) is 17.3 Å². The number of nitriles is 1. The van der Waals surface area contributed by atoms with E-state index in [2.05, 4.69) is 11.4 Å². The Kier molecular flexibility index (Phi) is 9.11. The molecule has 0 spiro atoms. The first-order chi connectivity index (χ1) is 18.3. The highest BCUT2D eigenvalue weighted by Gasteiger charge is 2.43. The van der Waals surface area contributed by atoms with Crippen molar-refractivity contribution in [3.05, 3.63) is 76.8 Å². The number of ether oxygens (including phenoxy) is 3. The number of carbonyl (C=O) groups is 3. The second-order valence-electron chi connectivity index (χ2n) is 8.37. The summed E-state index contributed by atoms with van der Waals surface area (Å²) >= 11 is 0. The molecule has 1 aliphatic rings. The van der Waals surface area contributed by atoms with Crippen LogP contribution >= 0.6 is 0 Å². The molecule has 0 bridgehead atoms. The number of anilines is 2. The van der Waals surface area contributed by atoms with Gasteiger partial charge in [-0.25, -0.2) is 9.59 Å². The minimum atomic E-state index is -0.981. The highest BCUT2D eigenvalue weighted by molar-refractivity contribution is 6.06. The number of hydrogen-bond acceptors (Lipinski definition) is 9. The summed E-state index contributed by atoms with van der Waals surface area (Å²) < 4.78 is 15.5. The minimum absolute atomic E-state index is 0.0357. The van der Waals surface area contributed by atoms with Gasteiger partial charge in [-0.2, -0.15) is 5.26 Å². The van der Waals surface area contributed by atoms with E-state index in [1.54, 1.807) is 48.5 Å². The first-order valence-electron chi connectivity index (χ1n) is 12.0. The molecule has 38 heavy (non-hydrogen) atoms. The maximum Gasteiger partial charge on any atom is 0.355 e. The number of rotatable bonds is 9. The molecule has 3 N–H and O–H groups in total. The Labute approximate surface area is 221 Å². The summed E-state index contributed by atoms with van der Waals surface area (Å²) in [5.74, 6) is -2.60. The van der Waals surface area contributed by atoms with Gasteiger partial charge in [-0.1, -0.05) is 43.7 Å². The average Bonchev–Trinajstić information content (AvgIpc) is 2.94. The standard InChI is InChI=1S/C28H30N4O6/c1-5-6-12-22(33)31-20-15-18(13-14-21(20)36-2)32-25(28(35)38-4)24(27(34)37-3)23(19(16-29)26(32)30)17-10-8-7-9-11-17/h7-11,13-15,23H,5-6,12,30H2,1-4H3,(H,31,33). The van der Waals surface area contributed by atoms with E-state index in [1.165, 1.54) is 26.2 Å². The molecule has 1 unspecified atom stereocenters. The Bertz CT molecular complexity index is 1330. The Balaban J connectivity index is 2.30. The molecule has 1 aliphatic heterocycles. The zero-order valence-electron chi connectivity index (χ0n) is 21.7. The van der Waals surface area contributed by atoms with Crippen molar-refractivity contribution in [2.45, 2.75) is 32.1 Å². The summed E-state index contributed by atoms with van der Waals surface area (Å²) in [7, 11) is 3.81. The van der Waals surface area contributed by atoms with Crippen LogP contribution in [0.3, 0.4) is 0 Å². The lowest BCUT2D eigenvalue weighted by Crippen LogP contribution is -2.40. The molecule has 0 saturated heterocycles. The number of nitrogens with one attached hydrogen (secondary N) is 1. The molecular formula is C28H30N4O6. The molecule has 1 atom stereocenters. The van der Waals surface area contributed by atoms with Crippen LogP contribution in [0, 0.1) is 11.3 Å². The van der Waals surface area contributed by atoms with Crippen LogP contribution in [0.1, 0.15) is 37.7 Å². The number of unbranched alkanes of at least 4 members (excludes halogenated alkanes) is 1. The third kappa shape index (κ3) is 5.47. The van der Waals surface area contributed by atoms with E-state index in [9.17, 15) is 19.6 Å². The predicted molar refractivity (Wildman–Crippen MR) is 141 cm³/mol. The maximum atomic E-state index is 13.2. The number of esters is 2. The summed E-state index contributed by atoms with van der Waals surface area (Å²) in [5, 5.41) is 13.0. The lowest BCUT2D eigenvalue weighted by molar-refractivity contribution is -0.139. The van der Waals surface area contributed by atoms with Gasteiger partial charge >= 0.3 is 11.9 Å². The molecule has 0 aliphatic carbocycles. The third-order valence-electron chi connectivity index (χ3n) is 6.08. The van der Waals surface area contributed by atoms with Crippen LogP contribution in [0.15, 0.2) is 71.2 Å². The number of hydrogen-bond donors (Lipinski definition) is 2. The van der Waals surface area contributed by atoms with E-state index in [1.807, 2.05) is 6.92 Å². The molecular weight excluding hydrogens is 488 g/mol. The van der Waals surface area contributed by atoms with Crippen molar-refractivity contribution in [2.24, 2.45) is 5.73 Å². The van der Waals surface area contributed by atoms with E-state index in [0.29, 0.717) is 29.8 Å². The van der Waals surface area contributed by atoms with E-state index >= 15 is 0 Å². The molecule has 10 heteroatoms. The first-order valence-corrected chi connectivity index (χ1v) is 12.0. The van der Waals surface area contributed by atoms with E-state index in [4.69, 9.17) is 19.9 Å².